The predicted octanol–water partition coefficient (Wildman–Crippen LogP) is 2.57. The summed E-state index contributed by atoms with van der Waals surface area (Å²) in [6.45, 7) is 2.44. The Kier molecular flexibility index (Phi) is 7.49. The third-order valence-corrected chi connectivity index (χ3v) is 5.46. The van der Waals surface area contributed by atoms with Crippen LogP contribution in [0.1, 0.15) is 64.7 Å². The van der Waals surface area contributed by atoms with Gasteiger partial charge in [-0.3, -0.25) is 4.79 Å². The van der Waals surface area contributed by atoms with E-state index in [0.29, 0.717) is 24.9 Å². The van der Waals surface area contributed by atoms with Crippen LogP contribution >= 0.6 is 0 Å². The molecule has 0 heterocycles. The number of fused-ring (bicyclic) bond motifs is 1. The van der Waals surface area contributed by atoms with E-state index < -0.39 is 5.97 Å². The molecule has 0 amide bonds. The molecule has 6 nitrogen and oxygen atoms in total. The van der Waals surface area contributed by atoms with Gasteiger partial charge in [0.25, 0.3) is 0 Å². The molecule has 5 unspecified atom stereocenters. The van der Waals surface area contributed by atoms with Crippen LogP contribution in [-0.2, 0) is 9.63 Å². The molecule has 2 saturated carbocycles. The van der Waals surface area contributed by atoms with Gasteiger partial charge in [-0.15, -0.1) is 0 Å². The SMILES string of the molecule is CCCCC(O)CCC1C(O)CC2C(=NOCCCC(=O)O)CC21. The second kappa shape index (κ2) is 9.37. The van der Waals surface area contributed by atoms with Crippen molar-refractivity contribution in [3.8, 4) is 0 Å². The Hall–Kier alpha value is -1.14. The average Bonchev–Trinajstić information content (AvgIpc) is 2.77. The van der Waals surface area contributed by atoms with Crippen molar-refractivity contribution >= 4 is 11.7 Å². The fourth-order valence-corrected chi connectivity index (χ4v) is 4.00. The molecule has 2 aliphatic rings. The van der Waals surface area contributed by atoms with E-state index in [1.54, 1.807) is 0 Å². The Morgan fingerprint density at radius 3 is 2.88 bits per heavy atom. The lowest BCUT2D eigenvalue weighted by Gasteiger charge is -2.35. The highest BCUT2D eigenvalue weighted by molar-refractivity contribution is 5.93. The van der Waals surface area contributed by atoms with E-state index in [0.717, 1.165) is 50.7 Å². The van der Waals surface area contributed by atoms with Gasteiger partial charge in [-0.1, -0.05) is 24.9 Å². The molecule has 0 spiro atoms. The lowest BCUT2D eigenvalue weighted by molar-refractivity contribution is -0.137. The van der Waals surface area contributed by atoms with Crippen molar-refractivity contribution in [2.45, 2.75) is 76.9 Å². The predicted molar refractivity (Wildman–Crippen MR) is 90.7 cm³/mol. The number of hydrogen-bond donors (Lipinski definition) is 3. The average molecular weight is 341 g/mol. The van der Waals surface area contributed by atoms with E-state index in [2.05, 4.69) is 12.1 Å². The number of carbonyl (C=O) groups is 1. The zero-order valence-corrected chi connectivity index (χ0v) is 14.6. The van der Waals surface area contributed by atoms with Crippen molar-refractivity contribution in [3.05, 3.63) is 0 Å². The number of nitrogens with zero attached hydrogens (tertiary/aromatic N) is 1. The fourth-order valence-electron chi connectivity index (χ4n) is 4.00. The van der Waals surface area contributed by atoms with Gasteiger partial charge in [0, 0.05) is 12.3 Å². The third kappa shape index (κ3) is 5.18. The van der Waals surface area contributed by atoms with Gasteiger partial charge in [0.05, 0.1) is 17.9 Å². The molecule has 0 aromatic carbocycles. The van der Waals surface area contributed by atoms with Crippen molar-refractivity contribution in [2.75, 3.05) is 6.61 Å². The number of hydrogen-bond acceptors (Lipinski definition) is 5. The van der Waals surface area contributed by atoms with E-state index in [1.807, 2.05) is 0 Å². The molecule has 0 radical (unpaired) electrons. The van der Waals surface area contributed by atoms with Gasteiger partial charge in [-0.05, 0) is 50.4 Å². The molecule has 2 aliphatic carbocycles. The normalized spacial score (nSPS) is 31.5. The summed E-state index contributed by atoms with van der Waals surface area (Å²) in [4.78, 5) is 15.6. The van der Waals surface area contributed by atoms with Gasteiger partial charge in [0.1, 0.15) is 6.61 Å². The van der Waals surface area contributed by atoms with E-state index in [9.17, 15) is 15.0 Å². The molecule has 138 valence electrons. The molecule has 6 heteroatoms. The minimum atomic E-state index is -0.821. The Balaban J connectivity index is 1.69. The number of carboxylic acid groups (broad SMARTS) is 1. The summed E-state index contributed by atoms with van der Waals surface area (Å²) in [5.74, 6) is 0.201. The van der Waals surface area contributed by atoms with E-state index >= 15 is 0 Å². The zero-order chi connectivity index (χ0) is 17.5. The number of aliphatic hydroxyl groups is 2. The fraction of sp³-hybridized carbons (Fsp3) is 0.889. The van der Waals surface area contributed by atoms with E-state index in [1.165, 1.54) is 0 Å². The number of aliphatic hydroxyl groups excluding tert-OH is 2. The second-order valence-corrected chi connectivity index (χ2v) is 7.23. The molecule has 0 bridgehead atoms. The quantitative estimate of drug-likeness (QED) is 0.396. The molecule has 0 aromatic heterocycles. The number of aliphatic carboxylic acids is 1. The molecule has 0 aliphatic heterocycles. The van der Waals surface area contributed by atoms with Crippen molar-refractivity contribution in [1.82, 2.24) is 0 Å². The first-order valence-corrected chi connectivity index (χ1v) is 9.29. The molecule has 5 atom stereocenters. The molecule has 24 heavy (non-hydrogen) atoms. The topological polar surface area (TPSA) is 99.4 Å². The Morgan fingerprint density at radius 1 is 1.38 bits per heavy atom. The molecule has 3 N–H and O–H groups in total. The van der Waals surface area contributed by atoms with Crippen LogP contribution in [0.2, 0.25) is 0 Å². The van der Waals surface area contributed by atoms with Crippen LogP contribution in [0.15, 0.2) is 5.16 Å². The van der Waals surface area contributed by atoms with E-state index in [-0.39, 0.29) is 24.5 Å². The first-order chi connectivity index (χ1) is 11.5. The summed E-state index contributed by atoms with van der Waals surface area (Å²) >= 11 is 0. The third-order valence-electron chi connectivity index (χ3n) is 5.46. The standard InChI is InChI=1S/C18H31NO5/c1-2-3-5-12(20)7-8-13-14-10-16(15(14)11-17(13)21)19-24-9-4-6-18(22)23/h12-15,17,20-21H,2-11H2,1H3,(H,22,23). The molecular weight excluding hydrogens is 310 g/mol. The van der Waals surface area contributed by atoms with Crippen LogP contribution in [0.4, 0.5) is 0 Å². The van der Waals surface area contributed by atoms with Gasteiger partial charge in [-0.2, -0.15) is 0 Å². The molecular formula is C18H31NO5. The summed E-state index contributed by atoms with van der Waals surface area (Å²) in [6.07, 6.45) is 6.23. The first kappa shape index (κ1) is 19.2. The maximum absolute atomic E-state index is 10.4. The second-order valence-electron chi connectivity index (χ2n) is 7.23. The molecule has 0 aromatic rings. The lowest BCUT2D eigenvalue weighted by Crippen LogP contribution is -2.37. The summed E-state index contributed by atoms with van der Waals surface area (Å²) in [7, 11) is 0. The highest BCUT2D eigenvalue weighted by Gasteiger charge is 2.51. The van der Waals surface area contributed by atoms with Gasteiger partial charge in [0.15, 0.2) is 0 Å². The van der Waals surface area contributed by atoms with Gasteiger partial charge in [0.2, 0.25) is 0 Å². The minimum Gasteiger partial charge on any atom is -0.481 e. The summed E-state index contributed by atoms with van der Waals surface area (Å²) in [5, 5.41) is 33.0. The number of oxime groups is 1. The Morgan fingerprint density at radius 2 is 2.17 bits per heavy atom. The van der Waals surface area contributed by atoms with Crippen LogP contribution < -0.4 is 0 Å². The minimum absolute atomic E-state index is 0.0953. The highest BCUT2D eigenvalue weighted by Crippen LogP contribution is 2.50. The molecule has 0 saturated heterocycles. The van der Waals surface area contributed by atoms with Gasteiger partial charge in [-0.25, -0.2) is 0 Å². The van der Waals surface area contributed by atoms with Crippen molar-refractivity contribution in [1.29, 1.82) is 0 Å². The molecule has 2 fully saturated rings. The Labute approximate surface area is 143 Å². The van der Waals surface area contributed by atoms with Gasteiger partial charge < -0.3 is 20.2 Å². The van der Waals surface area contributed by atoms with Crippen LogP contribution in [0.3, 0.4) is 0 Å². The van der Waals surface area contributed by atoms with Crippen LogP contribution in [0, 0.1) is 17.8 Å². The monoisotopic (exact) mass is 341 g/mol. The number of carboxylic acids is 1. The summed E-state index contributed by atoms with van der Waals surface area (Å²) in [6, 6.07) is 0. The van der Waals surface area contributed by atoms with E-state index in [4.69, 9.17) is 9.94 Å². The number of rotatable bonds is 11. The Bertz CT molecular complexity index is 439. The summed E-state index contributed by atoms with van der Waals surface area (Å²) < 4.78 is 0. The van der Waals surface area contributed by atoms with Gasteiger partial charge >= 0.3 is 5.97 Å². The zero-order valence-electron chi connectivity index (χ0n) is 14.6. The lowest BCUT2D eigenvalue weighted by atomic mass is 9.70. The smallest absolute Gasteiger partial charge is 0.303 e. The largest absolute Gasteiger partial charge is 0.481 e. The van der Waals surface area contributed by atoms with Crippen molar-refractivity contribution in [2.24, 2.45) is 22.9 Å². The first-order valence-electron chi connectivity index (χ1n) is 9.29. The highest BCUT2D eigenvalue weighted by atomic mass is 16.6. The van der Waals surface area contributed by atoms with Crippen LogP contribution in [0.5, 0.6) is 0 Å². The van der Waals surface area contributed by atoms with Crippen LogP contribution in [-0.4, -0.2) is 45.8 Å². The van der Waals surface area contributed by atoms with Crippen molar-refractivity contribution in [3.63, 3.8) is 0 Å². The number of unbranched alkanes of at least 4 members (excludes halogenated alkanes) is 1. The molecule has 2 rings (SSSR count). The van der Waals surface area contributed by atoms with Crippen LogP contribution in [0.25, 0.3) is 0 Å². The maximum Gasteiger partial charge on any atom is 0.303 e. The summed E-state index contributed by atoms with van der Waals surface area (Å²) in [5.41, 5.74) is 1.00. The van der Waals surface area contributed by atoms with Crippen molar-refractivity contribution < 1.29 is 25.0 Å². The maximum atomic E-state index is 10.4.